The Balaban J connectivity index is 2.81. The Morgan fingerprint density at radius 1 is 1.30 bits per heavy atom. The zero-order valence-corrected chi connectivity index (χ0v) is 16.5. The van der Waals surface area contributed by atoms with Crippen molar-refractivity contribution in [3.8, 4) is 11.8 Å². The largest absolute Gasteiger partial charge is 0.488 e. The first-order valence-electron chi connectivity index (χ1n) is 7.79. The van der Waals surface area contributed by atoms with Gasteiger partial charge in [-0.2, -0.15) is 5.26 Å². The molecule has 1 aliphatic carbocycles. The lowest BCUT2D eigenvalue weighted by Crippen LogP contribution is -2.32. The van der Waals surface area contributed by atoms with Crippen LogP contribution >= 0.6 is 11.6 Å². The van der Waals surface area contributed by atoms with E-state index in [1.54, 1.807) is 6.08 Å². The minimum Gasteiger partial charge on any atom is -0.488 e. The Bertz CT molecular complexity index is 729. The third-order valence-electron chi connectivity index (χ3n) is 3.89. The summed E-state index contributed by atoms with van der Waals surface area (Å²) in [7, 11) is -1.72. The molecule has 1 aromatic rings. The first-order valence-corrected chi connectivity index (χ1v) is 11.7. The summed E-state index contributed by atoms with van der Waals surface area (Å²) in [5.74, 6) is 0.828. The highest BCUT2D eigenvalue weighted by Crippen LogP contribution is 2.53. The van der Waals surface area contributed by atoms with Crippen molar-refractivity contribution in [3.05, 3.63) is 41.0 Å². The van der Waals surface area contributed by atoms with E-state index in [0.717, 1.165) is 22.4 Å². The number of halogens is 1. The average Bonchev–Trinajstić information content (AvgIpc) is 2.71. The molecule has 0 aliphatic heterocycles. The van der Waals surface area contributed by atoms with Gasteiger partial charge in [-0.3, -0.25) is 0 Å². The minimum atomic E-state index is -1.72. The predicted octanol–water partition coefficient (Wildman–Crippen LogP) is 5.95. The molecule has 0 fully saturated rings. The van der Waals surface area contributed by atoms with Crippen LogP contribution in [-0.4, -0.2) is 13.7 Å². The lowest BCUT2D eigenvalue weighted by atomic mass is 10.0. The third-order valence-corrected chi connectivity index (χ3v) is 6.60. The van der Waals surface area contributed by atoms with Crippen molar-refractivity contribution < 1.29 is 4.74 Å². The number of benzene rings is 1. The highest BCUT2D eigenvalue weighted by atomic mass is 35.5. The van der Waals surface area contributed by atoms with E-state index in [0.29, 0.717) is 10.6 Å². The fourth-order valence-corrected chi connectivity index (χ4v) is 5.80. The van der Waals surface area contributed by atoms with Gasteiger partial charge in [0.1, 0.15) is 11.4 Å². The van der Waals surface area contributed by atoms with Gasteiger partial charge < -0.3 is 4.74 Å². The van der Waals surface area contributed by atoms with E-state index in [4.69, 9.17) is 16.3 Å². The molecule has 2 rings (SSSR count). The molecule has 23 heavy (non-hydrogen) atoms. The number of allylic oxidation sites excluding steroid dienone is 1. The Labute approximate surface area is 145 Å². The number of hydrogen-bond acceptors (Lipinski definition) is 2. The highest BCUT2D eigenvalue weighted by molar-refractivity contribution is 6.79. The average molecular weight is 346 g/mol. The highest BCUT2D eigenvalue weighted by Gasteiger charge is 2.43. The maximum atomic E-state index is 9.69. The van der Waals surface area contributed by atoms with Gasteiger partial charge in [0.05, 0.1) is 24.7 Å². The summed E-state index contributed by atoms with van der Waals surface area (Å²) in [4.78, 5) is 0. The van der Waals surface area contributed by atoms with Gasteiger partial charge >= 0.3 is 0 Å². The van der Waals surface area contributed by atoms with Crippen LogP contribution in [0.5, 0.6) is 5.75 Å². The topological polar surface area (TPSA) is 33.0 Å². The number of rotatable bonds is 3. The van der Waals surface area contributed by atoms with E-state index < -0.39 is 8.07 Å². The van der Waals surface area contributed by atoms with Gasteiger partial charge in [0.25, 0.3) is 0 Å². The van der Waals surface area contributed by atoms with E-state index in [9.17, 15) is 5.26 Å². The number of hydrogen-bond donors (Lipinski definition) is 0. The lowest BCUT2D eigenvalue weighted by Gasteiger charge is -2.30. The quantitative estimate of drug-likeness (QED) is 0.633. The standard InChI is InChI=1S/C19H24ClNOSi/c1-8-12-9-10-14(22-19(2,3)4)16-15(12)17(20)13(11-21)18(16)23(5,6)7/h8-10,18H,1H2,2-7H3. The second-order valence-electron chi connectivity index (χ2n) is 8.00. The molecule has 1 aliphatic rings. The van der Waals surface area contributed by atoms with E-state index in [-0.39, 0.29) is 11.1 Å². The first kappa shape index (κ1) is 17.8. The van der Waals surface area contributed by atoms with Gasteiger partial charge in [-0.1, -0.05) is 50.0 Å². The van der Waals surface area contributed by atoms with E-state index >= 15 is 0 Å². The molecule has 2 nitrogen and oxygen atoms in total. The van der Waals surface area contributed by atoms with Crippen LogP contribution in [-0.2, 0) is 0 Å². The Hall–Kier alpha value is -1.50. The van der Waals surface area contributed by atoms with Gasteiger partial charge in [-0.05, 0) is 32.4 Å². The normalized spacial score (nSPS) is 17.7. The molecule has 0 saturated carbocycles. The zero-order valence-electron chi connectivity index (χ0n) is 14.7. The van der Waals surface area contributed by atoms with Crippen LogP contribution in [0.1, 0.15) is 43.0 Å². The van der Waals surface area contributed by atoms with Crippen molar-refractivity contribution in [1.82, 2.24) is 0 Å². The molecule has 1 aromatic carbocycles. The van der Waals surface area contributed by atoms with Gasteiger partial charge in [0.2, 0.25) is 0 Å². The summed E-state index contributed by atoms with van der Waals surface area (Å²) < 4.78 is 6.20. The fraction of sp³-hybridized carbons (Fsp3) is 0.421. The molecule has 1 unspecified atom stereocenters. The second-order valence-corrected chi connectivity index (χ2v) is 13.7. The van der Waals surface area contributed by atoms with Gasteiger partial charge in [-0.15, -0.1) is 0 Å². The van der Waals surface area contributed by atoms with Crippen LogP contribution in [0.15, 0.2) is 24.3 Å². The van der Waals surface area contributed by atoms with Gasteiger partial charge in [0.15, 0.2) is 0 Å². The third kappa shape index (κ3) is 3.24. The summed E-state index contributed by atoms with van der Waals surface area (Å²) in [5.41, 5.74) is 3.36. The molecular formula is C19H24ClNOSi. The van der Waals surface area contributed by atoms with Crippen LogP contribution in [0, 0.1) is 11.3 Å². The molecule has 0 saturated heterocycles. The number of ether oxygens (including phenoxy) is 1. The van der Waals surface area contributed by atoms with Crippen molar-refractivity contribution in [1.29, 1.82) is 5.26 Å². The molecule has 0 radical (unpaired) electrons. The number of nitriles is 1. The monoisotopic (exact) mass is 345 g/mol. The Kier molecular flexibility index (Phi) is 4.54. The minimum absolute atomic E-state index is 0.0484. The SMILES string of the molecule is C=Cc1ccc(OC(C)(C)C)c2c1C(Cl)=C(C#N)C2[Si](C)(C)C. The molecule has 1 atom stereocenters. The zero-order chi connectivity index (χ0) is 17.6. The first-order chi connectivity index (χ1) is 10.5. The molecular weight excluding hydrogens is 322 g/mol. The van der Waals surface area contributed by atoms with Crippen LogP contribution in [0.3, 0.4) is 0 Å². The van der Waals surface area contributed by atoms with Gasteiger partial charge in [-0.25, -0.2) is 0 Å². The maximum absolute atomic E-state index is 9.69. The molecule has 0 heterocycles. The number of fused-ring (bicyclic) bond motifs is 1. The van der Waals surface area contributed by atoms with E-state index in [1.165, 1.54) is 0 Å². The Morgan fingerprint density at radius 3 is 2.35 bits per heavy atom. The molecule has 0 amide bonds. The lowest BCUT2D eigenvalue weighted by molar-refractivity contribution is 0.129. The maximum Gasteiger partial charge on any atom is 0.124 e. The fourth-order valence-electron chi connectivity index (χ4n) is 3.12. The van der Waals surface area contributed by atoms with Crippen molar-refractivity contribution in [2.75, 3.05) is 0 Å². The number of nitrogens with zero attached hydrogens (tertiary/aromatic N) is 1. The molecule has 0 N–H and O–H groups in total. The van der Waals surface area contributed by atoms with Crippen LogP contribution < -0.4 is 4.74 Å². The van der Waals surface area contributed by atoms with Crippen molar-refractivity contribution in [2.24, 2.45) is 0 Å². The molecule has 0 bridgehead atoms. The molecule has 4 heteroatoms. The van der Waals surface area contributed by atoms with Crippen LogP contribution in [0.2, 0.25) is 19.6 Å². The predicted molar refractivity (Wildman–Crippen MR) is 101 cm³/mol. The van der Waals surface area contributed by atoms with Crippen molar-refractivity contribution in [3.63, 3.8) is 0 Å². The Morgan fingerprint density at radius 2 is 1.91 bits per heavy atom. The van der Waals surface area contributed by atoms with Crippen molar-refractivity contribution >= 4 is 30.8 Å². The summed E-state index contributed by atoms with van der Waals surface area (Å²) in [5, 5.41) is 10.3. The van der Waals surface area contributed by atoms with Crippen molar-refractivity contribution in [2.45, 2.75) is 51.6 Å². The summed E-state index contributed by atoms with van der Waals surface area (Å²) in [6.45, 7) is 16.8. The van der Waals surface area contributed by atoms with Gasteiger partial charge in [0, 0.05) is 16.7 Å². The van der Waals surface area contributed by atoms with Crippen LogP contribution in [0.4, 0.5) is 0 Å². The molecule has 0 aromatic heterocycles. The molecule has 0 spiro atoms. The van der Waals surface area contributed by atoms with E-state index in [2.05, 4.69) is 32.3 Å². The summed E-state index contributed by atoms with van der Waals surface area (Å²) >= 11 is 6.61. The summed E-state index contributed by atoms with van der Waals surface area (Å²) in [6.07, 6.45) is 1.80. The molecule has 122 valence electrons. The van der Waals surface area contributed by atoms with Crippen LogP contribution in [0.25, 0.3) is 11.1 Å². The smallest absolute Gasteiger partial charge is 0.124 e. The van der Waals surface area contributed by atoms with E-state index in [1.807, 2.05) is 32.9 Å². The second kappa shape index (κ2) is 5.85. The summed E-state index contributed by atoms with van der Waals surface area (Å²) in [6, 6.07) is 6.31.